The Hall–Kier alpha value is -1.85. The molecule has 0 unspecified atom stereocenters. The van der Waals surface area contributed by atoms with Crippen LogP contribution >= 0.6 is 12.2 Å². The van der Waals surface area contributed by atoms with Crippen molar-refractivity contribution in [2.75, 3.05) is 0 Å². The van der Waals surface area contributed by atoms with Gasteiger partial charge in [0, 0.05) is 16.2 Å². The summed E-state index contributed by atoms with van der Waals surface area (Å²) in [6.07, 6.45) is -0.673. The zero-order chi connectivity index (χ0) is 15.9. The molecule has 0 bridgehead atoms. The van der Waals surface area contributed by atoms with Gasteiger partial charge in [0.15, 0.2) is 0 Å². The molecule has 22 heavy (non-hydrogen) atoms. The Labute approximate surface area is 134 Å². The second kappa shape index (κ2) is 5.74. The summed E-state index contributed by atoms with van der Waals surface area (Å²) in [6, 6.07) is 11.7. The smallest absolute Gasteiger partial charge is 0.228 e. The van der Waals surface area contributed by atoms with Crippen LogP contribution in [0.15, 0.2) is 36.4 Å². The number of aliphatic hydroxyl groups is 1. The van der Waals surface area contributed by atoms with E-state index < -0.39 is 12.0 Å². The third-order valence-electron chi connectivity index (χ3n) is 4.32. The van der Waals surface area contributed by atoms with Crippen molar-refractivity contribution in [1.29, 1.82) is 0 Å². The van der Waals surface area contributed by atoms with Gasteiger partial charge in [0.05, 0.1) is 29.3 Å². The molecule has 4 nitrogen and oxygen atoms in total. The molecule has 0 spiro atoms. The summed E-state index contributed by atoms with van der Waals surface area (Å²) in [5, 5.41) is 13.7. The lowest BCUT2D eigenvalue weighted by Crippen LogP contribution is -2.65. The Morgan fingerprint density at radius 1 is 1.27 bits per heavy atom. The molecular formula is C17H18N2O2S. The number of nitrogens with zero attached hydrogens (tertiary/aromatic N) is 1. The monoisotopic (exact) mass is 314 g/mol. The molecule has 114 valence electrons. The number of thiocarbonyl (C=S) groups is 1. The third kappa shape index (κ3) is 2.51. The fourth-order valence-corrected chi connectivity index (χ4v) is 3.23. The first-order chi connectivity index (χ1) is 10.5. The number of pyridine rings is 1. The van der Waals surface area contributed by atoms with Crippen molar-refractivity contribution >= 4 is 33.9 Å². The Kier molecular flexibility index (Phi) is 3.93. The molecule has 4 atom stereocenters. The van der Waals surface area contributed by atoms with Gasteiger partial charge in [-0.05, 0) is 19.1 Å². The van der Waals surface area contributed by atoms with Crippen LogP contribution in [-0.4, -0.2) is 33.0 Å². The van der Waals surface area contributed by atoms with E-state index in [2.05, 4.69) is 10.3 Å². The Morgan fingerprint density at radius 2 is 2.00 bits per heavy atom. The lowest BCUT2D eigenvalue weighted by Gasteiger charge is -2.42. The fraction of sp³-hybridized carbons (Fsp3) is 0.353. The van der Waals surface area contributed by atoms with E-state index in [1.165, 1.54) is 0 Å². The van der Waals surface area contributed by atoms with Crippen molar-refractivity contribution in [2.45, 2.75) is 26.0 Å². The van der Waals surface area contributed by atoms with Gasteiger partial charge in [0.25, 0.3) is 0 Å². The summed E-state index contributed by atoms with van der Waals surface area (Å²) in [6.45, 7) is 3.61. The molecule has 0 aliphatic carbocycles. The van der Waals surface area contributed by atoms with Gasteiger partial charge >= 0.3 is 0 Å². The van der Waals surface area contributed by atoms with E-state index in [-0.39, 0.29) is 17.9 Å². The van der Waals surface area contributed by atoms with Crippen molar-refractivity contribution in [3.8, 4) is 0 Å². The number of carbonyl (C=O) groups is 1. The average molecular weight is 314 g/mol. The zero-order valence-electron chi connectivity index (χ0n) is 12.5. The van der Waals surface area contributed by atoms with Gasteiger partial charge in [-0.1, -0.05) is 43.4 Å². The molecule has 5 heteroatoms. The first-order valence-corrected chi connectivity index (χ1v) is 7.78. The lowest BCUT2D eigenvalue weighted by atomic mass is 9.77. The van der Waals surface area contributed by atoms with E-state index in [1.807, 2.05) is 43.3 Å². The number of carbonyl (C=O) groups excluding carboxylic acids is 1. The molecule has 1 fully saturated rings. The number of amides is 1. The molecule has 2 N–H and O–H groups in total. The van der Waals surface area contributed by atoms with Crippen LogP contribution in [0.3, 0.4) is 0 Å². The second-order valence-electron chi connectivity index (χ2n) is 5.84. The average Bonchev–Trinajstić information content (AvgIpc) is 2.50. The molecule has 3 rings (SSSR count). The molecule has 1 aromatic carbocycles. The normalized spacial score (nSPS) is 23.5. The number of hydrogen-bond acceptors (Lipinski definition) is 4. The van der Waals surface area contributed by atoms with E-state index in [1.54, 1.807) is 6.92 Å². The van der Waals surface area contributed by atoms with Gasteiger partial charge in [-0.3, -0.25) is 4.79 Å². The number of fused-ring (bicyclic) bond motifs is 1. The molecule has 1 saturated heterocycles. The highest BCUT2D eigenvalue weighted by Gasteiger charge is 2.46. The van der Waals surface area contributed by atoms with Gasteiger partial charge in [-0.15, -0.1) is 0 Å². The first kappa shape index (κ1) is 15.1. The fourth-order valence-electron chi connectivity index (χ4n) is 2.97. The zero-order valence-corrected chi connectivity index (χ0v) is 13.3. The number of aromatic nitrogens is 1. The highest BCUT2D eigenvalue weighted by molar-refractivity contribution is 7.80. The van der Waals surface area contributed by atoms with Crippen molar-refractivity contribution < 1.29 is 9.90 Å². The van der Waals surface area contributed by atoms with E-state index in [0.717, 1.165) is 16.6 Å². The van der Waals surface area contributed by atoms with Crippen LogP contribution in [0.1, 0.15) is 19.5 Å². The van der Waals surface area contributed by atoms with Crippen molar-refractivity contribution in [1.82, 2.24) is 10.3 Å². The van der Waals surface area contributed by atoms with Gasteiger partial charge in [-0.2, -0.15) is 0 Å². The maximum Gasteiger partial charge on any atom is 0.228 e. The standard InChI is InChI=1S/C17H18N2O2S/c1-9(15-14(10(2)20)17(21)19-15)16(22)13-8-7-11-5-3-4-6-12(11)18-13/h3-10,14-15,20H,1-2H3,(H,19,21)/t9-,10-,14-,15-/m1/s1. The number of aliphatic hydroxyl groups excluding tert-OH is 1. The SMILES string of the molecule is C[C@@H](O)[C@H]1C(=O)N[C@@H]1[C@@H](C)C(=S)c1ccc2ccccc2n1. The van der Waals surface area contributed by atoms with Crippen molar-refractivity contribution in [3.05, 3.63) is 42.1 Å². The van der Waals surface area contributed by atoms with Crippen molar-refractivity contribution in [2.24, 2.45) is 11.8 Å². The summed E-state index contributed by atoms with van der Waals surface area (Å²) in [5.41, 5.74) is 1.66. The summed E-state index contributed by atoms with van der Waals surface area (Å²) in [4.78, 5) is 16.9. The second-order valence-corrected chi connectivity index (χ2v) is 6.28. The van der Waals surface area contributed by atoms with Crippen LogP contribution in [0.4, 0.5) is 0 Å². The van der Waals surface area contributed by atoms with Crippen LogP contribution in [0, 0.1) is 11.8 Å². The molecule has 2 heterocycles. The molecular weight excluding hydrogens is 296 g/mol. The largest absolute Gasteiger partial charge is 0.393 e. The molecule has 1 aliphatic rings. The Balaban J connectivity index is 1.84. The van der Waals surface area contributed by atoms with E-state index in [0.29, 0.717) is 4.86 Å². The summed E-state index contributed by atoms with van der Waals surface area (Å²) < 4.78 is 0. The Bertz CT molecular complexity index is 744. The first-order valence-electron chi connectivity index (χ1n) is 7.37. The maximum atomic E-state index is 11.6. The quantitative estimate of drug-likeness (QED) is 0.515. The number of rotatable bonds is 4. The molecule has 1 amide bonds. The predicted molar refractivity (Wildman–Crippen MR) is 89.7 cm³/mol. The number of hydrogen-bond donors (Lipinski definition) is 2. The highest BCUT2D eigenvalue weighted by atomic mass is 32.1. The predicted octanol–water partition coefficient (Wildman–Crippen LogP) is 2.08. The highest BCUT2D eigenvalue weighted by Crippen LogP contribution is 2.28. The number of para-hydroxylation sites is 1. The van der Waals surface area contributed by atoms with E-state index >= 15 is 0 Å². The molecule has 2 aromatic rings. The van der Waals surface area contributed by atoms with Gasteiger partial charge in [0.2, 0.25) is 5.91 Å². The van der Waals surface area contributed by atoms with Gasteiger partial charge in [-0.25, -0.2) is 4.98 Å². The lowest BCUT2D eigenvalue weighted by molar-refractivity contribution is -0.141. The van der Waals surface area contributed by atoms with Crippen LogP contribution in [-0.2, 0) is 4.79 Å². The molecule has 1 aromatic heterocycles. The Morgan fingerprint density at radius 3 is 2.68 bits per heavy atom. The minimum absolute atomic E-state index is 0.0547. The van der Waals surface area contributed by atoms with Crippen LogP contribution in [0.25, 0.3) is 10.9 Å². The minimum atomic E-state index is -0.673. The molecule has 0 saturated carbocycles. The minimum Gasteiger partial charge on any atom is -0.393 e. The number of nitrogens with one attached hydrogen (secondary N) is 1. The molecule has 1 aliphatic heterocycles. The van der Waals surface area contributed by atoms with Gasteiger partial charge in [0.1, 0.15) is 0 Å². The summed E-state index contributed by atoms with van der Waals surface area (Å²) in [7, 11) is 0. The van der Waals surface area contributed by atoms with Crippen LogP contribution in [0.5, 0.6) is 0 Å². The molecule has 0 radical (unpaired) electrons. The van der Waals surface area contributed by atoms with E-state index in [9.17, 15) is 9.90 Å². The summed E-state index contributed by atoms with van der Waals surface area (Å²) >= 11 is 5.57. The number of benzene rings is 1. The van der Waals surface area contributed by atoms with Crippen LogP contribution in [0.2, 0.25) is 0 Å². The number of β-lactam (4-membered cyclic amide) rings is 1. The maximum absolute atomic E-state index is 11.6. The van der Waals surface area contributed by atoms with Gasteiger partial charge < -0.3 is 10.4 Å². The third-order valence-corrected chi connectivity index (χ3v) is 4.90. The van der Waals surface area contributed by atoms with E-state index in [4.69, 9.17) is 12.2 Å². The van der Waals surface area contributed by atoms with Crippen LogP contribution < -0.4 is 5.32 Å². The van der Waals surface area contributed by atoms with Crippen molar-refractivity contribution in [3.63, 3.8) is 0 Å². The topological polar surface area (TPSA) is 62.2 Å². The summed E-state index contributed by atoms with van der Waals surface area (Å²) in [5.74, 6) is -0.560.